The van der Waals surface area contributed by atoms with Crippen molar-refractivity contribution < 1.29 is 0 Å². The molecule has 0 spiro atoms. The summed E-state index contributed by atoms with van der Waals surface area (Å²) in [5, 5.41) is 4.42. The molecule has 6 heteroatoms. The second-order valence-electron chi connectivity index (χ2n) is 4.90. The molecule has 4 nitrogen and oxygen atoms in total. The van der Waals surface area contributed by atoms with Crippen LogP contribution in [-0.2, 0) is 13.5 Å². The van der Waals surface area contributed by atoms with Gasteiger partial charge in [-0.2, -0.15) is 5.10 Å². The summed E-state index contributed by atoms with van der Waals surface area (Å²) in [4.78, 5) is 0. The van der Waals surface area contributed by atoms with Crippen LogP contribution < -0.4 is 11.3 Å². The Morgan fingerprint density at radius 2 is 2.05 bits per heavy atom. The first-order valence-corrected chi connectivity index (χ1v) is 7.92. The van der Waals surface area contributed by atoms with Crippen LogP contribution in [0.25, 0.3) is 0 Å². The molecule has 3 N–H and O–H groups in total. The summed E-state index contributed by atoms with van der Waals surface area (Å²) < 4.78 is 4.05. The Hall–Kier alpha value is -0.690. The fraction of sp³-hybridized carbons (Fsp3) is 0.357. The van der Waals surface area contributed by atoms with E-state index >= 15 is 0 Å². The molecular weight excluding hydrogens is 384 g/mol. The van der Waals surface area contributed by atoms with E-state index in [4.69, 9.17) is 5.84 Å². The van der Waals surface area contributed by atoms with Crippen LogP contribution in [0.3, 0.4) is 0 Å². The van der Waals surface area contributed by atoms with Crippen LogP contribution in [0.15, 0.2) is 27.1 Å². The largest absolute Gasteiger partial charge is 0.271 e. The lowest BCUT2D eigenvalue weighted by atomic mass is 10.0. The lowest BCUT2D eigenvalue weighted by Crippen LogP contribution is -2.30. The molecule has 0 radical (unpaired) electrons. The zero-order chi connectivity index (χ0) is 14.9. The number of hydrogen-bond acceptors (Lipinski definition) is 3. The number of nitrogens with two attached hydrogens (primary N) is 1. The zero-order valence-corrected chi connectivity index (χ0v) is 14.9. The van der Waals surface area contributed by atoms with Crippen LogP contribution in [0, 0.1) is 13.8 Å². The number of hydrogen-bond donors (Lipinski definition) is 2. The van der Waals surface area contributed by atoms with Gasteiger partial charge in [-0.25, -0.2) is 0 Å². The molecule has 1 unspecified atom stereocenters. The maximum atomic E-state index is 5.74. The summed E-state index contributed by atoms with van der Waals surface area (Å²) in [5.74, 6) is 5.74. The average Bonchev–Trinajstić information content (AvgIpc) is 2.65. The lowest BCUT2D eigenvalue weighted by Gasteiger charge is -2.18. The van der Waals surface area contributed by atoms with Crippen LogP contribution in [0.4, 0.5) is 0 Å². The van der Waals surface area contributed by atoms with Crippen molar-refractivity contribution in [3.05, 3.63) is 49.7 Å². The van der Waals surface area contributed by atoms with E-state index in [2.05, 4.69) is 67.5 Å². The highest BCUT2D eigenvalue weighted by Crippen LogP contribution is 2.27. The topological polar surface area (TPSA) is 55.9 Å². The number of nitrogens with zero attached hydrogens (tertiary/aromatic N) is 2. The molecule has 2 rings (SSSR count). The van der Waals surface area contributed by atoms with Crippen LogP contribution in [0.1, 0.15) is 28.6 Å². The molecule has 0 bridgehead atoms. The monoisotopic (exact) mass is 400 g/mol. The molecule has 2 aromatic rings. The highest BCUT2D eigenvalue weighted by atomic mass is 79.9. The quantitative estimate of drug-likeness (QED) is 0.610. The molecule has 20 heavy (non-hydrogen) atoms. The summed E-state index contributed by atoms with van der Waals surface area (Å²) in [6, 6.07) is 6.33. The van der Waals surface area contributed by atoms with Gasteiger partial charge in [0.1, 0.15) is 0 Å². The number of aromatic nitrogens is 2. The highest BCUT2D eigenvalue weighted by molar-refractivity contribution is 9.10. The lowest BCUT2D eigenvalue weighted by molar-refractivity contribution is 0.528. The van der Waals surface area contributed by atoms with E-state index in [9.17, 15) is 0 Å². The van der Waals surface area contributed by atoms with Gasteiger partial charge in [-0.1, -0.05) is 28.1 Å². The Bertz CT molecular complexity index is 622. The number of rotatable bonds is 4. The third kappa shape index (κ3) is 3.14. The van der Waals surface area contributed by atoms with Crippen molar-refractivity contribution >= 4 is 31.9 Å². The van der Waals surface area contributed by atoms with Crippen LogP contribution in [-0.4, -0.2) is 9.78 Å². The molecule has 0 aliphatic carbocycles. The molecule has 0 saturated carbocycles. The normalized spacial score (nSPS) is 12.7. The number of aryl methyl sites for hydroxylation is 3. The summed E-state index contributed by atoms with van der Waals surface area (Å²) in [6.45, 7) is 4.06. The molecule has 0 saturated heterocycles. The van der Waals surface area contributed by atoms with Crippen molar-refractivity contribution in [1.29, 1.82) is 0 Å². The SMILES string of the molecule is Cc1cc(C(Cc2c(Br)c(C)nn2C)NN)ccc1Br. The van der Waals surface area contributed by atoms with Gasteiger partial charge in [-0.15, -0.1) is 0 Å². The van der Waals surface area contributed by atoms with Gasteiger partial charge in [0, 0.05) is 17.9 Å². The maximum Gasteiger partial charge on any atom is 0.0738 e. The molecule has 0 fully saturated rings. The van der Waals surface area contributed by atoms with Gasteiger partial charge in [-0.05, 0) is 47.0 Å². The summed E-state index contributed by atoms with van der Waals surface area (Å²) in [5.41, 5.74) is 7.38. The van der Waals surface area contributed by atoms with Crippen LogP contribution >= 0.6 is 31.9 Å². The summed E-state index contributed by atoms with van der Waals surface area (Å²) in [7, 11) is 1.95. The predicted molar refractivity (Wildman–Crippen MR) is 88.3 cm³/mol. The maximum absolute atomic E-state index is 5.74. The molecule has 0 amide bonds. The Kier molecular flexibility index (Phi) is 5.01. The fourth-order valence-electron chi connectivity index (χ4n) is 2.25. The Balaban J connectivity index is 2.31. The van der Waals surface area contributed by atoms with Gasteiger partial charge in [0.15, 0.2) is 0 Å². The molecule has 0 aliphatic heterocycles. The number of hydrazine groups is 1. The van der Waals surface area contributed by atoms with Gasteiger partial charge in [-0.3, -0.25) is 16.0 Å². The van der Waals surface area contributed by atoms with Gasteiger partial charge in [0.05, 0.1) is 21.9 Å². The van der Waals surface area contributed by atoms with Crippen LogP contribution in [0.2, 0.25) is 0 Å². The first-order valence-electron chi connectivity index (χ1n) is 6.34. The van der Waals surface area contributed by atoms with Crippen molar-refractivity contribution in [1.82, 2.24) is 15.2 Å². The Morgan fingerprint density at radius 3 is 2.55 bits per heavy atom. The van der Waals surface area contributed by atoms with Gasteiger partial charge in [0.25, 0.3) is 0 Å². The third-order valence-corrected chi connectivity index (χ3v) is 5.37. The van der Waals surface area contributed by atoms with E-state index in [-0.39, 0.29) is 6.04 Å². The molecule has 1 aromatic carbocycles. The summed E-state index contributed by atoms with van der Waals surface area (Å²) >= 11 is 7.12. The Labute approximate surface area is 136 Å². The van der Waals surface area contributed by atoms with Gasteiger partial charge >= 0.3 is 0 Å². The first kappa shape index (κ1) is 15.7. The van der Waals surface area contributed by atoms with E-state index in [1.54, 1.807) is 0 Å². The fourth-order valence-corrected chi connectivity index (χ4v) is 3.00. The van der Waals surface area contributed by atoms with E-state index in [0.29, 0.717) is 0 Å². The van der Waals surface area contributed by atoms with Crippen molar-refractivity contribution in [3.63, 3.8) is 0 Å². The van der Waals surface area contributed by atoms with E-state index < -0.39 is 0 Å². The van der Waals surface area contributed by atoms with Gasteiger partial charge in [0.2, 0.25) is 0 Å². The molecule has 0 aliphatic rings. The molecule has 1 heterocycles. The second-order valence-corrected chi connectivity index (χ2v) is 6.55. The zero-order valence-electron chi connectivity index (χ0n) is 11.7. The second kappa shape index (κ2) is 6.39. The summed E-state index contributed by atoms with van der Waals surface area (Å²) in [6.07, 6.45) is 0.773. The van der Waals surface area contributed by atoms with Crippen LogP contribution in [0.5, 0.6) is 0 Å². The highest BCUT2D eigenvalue weighted by Gasteiger charge is 2.17. The minimum atomic E-state index is 0.0490. The smallest absolute Gasteiger partial charge is 0.0738 e. The molecule has 1 aromatic heterocycles. The van der Waals surface area contributed by atoms with Crippen molar-refractivity contribution in [2.75, 3.05) is 0 Å². The number of nitrogens with one attached hydrogen (secondary N) is 1. The van der Waals surface area contributed by atoms with Crippen molar-refractivity contribution in [2.45, 2.75) is 26.3 Å². The van der Waals surface area contributed by atoms with Gasteiger partial charge < -0.3 is 0 Å². The molecule has 108 valence electrons. The number of halogens is 2. The van der Waals surface area contributed by atoms with Crippen molar-refractivity contribution in [2.24, 2.45) is 12.9 Å². The predicted octanol–water partition coefficient (Wildman–Crippen LogP) is 3.31. The van der Waals surface area contributed by atoms with E-state index in [1.165, 1.54) is 11.1 Å². The van der Waals surface area contributed by atoms with E-state index in [0.717, 1.165) is 26.8 Å². The van der Waals surface area contributed by atoms with Crippen molar-refractivity contribution in [3.8, 4) is 0 Å². The average molecular weight is 402 g/mol. The van der Waals surface area contributed by atoms with E-state index in [1.807, 2.05) is 18.7 Å². The standard InChI is InChI=1S/C14H18Br2N4/c1-8-6-10(4-5-11(8)15)12(18-17)7-13-14(16)9(2)19-20(13)3/h4-6,12,18H,7,17H2,1-3H3. The first-order chi connectivity index (χ1) is 9.43. The Morgan fingerprint density at radius 1 is 1.35 bits per heavy atom. The minimum Gasteiger partial charge on any atom is -0.271 e. The molecule has 1 atom stereocenters. The molecular formula is C14H18Br2N4. The number of benzene rings is 1. The third-order valence-electron chi connectivity index (χ3n) is 3.44. The minimum absolute atomic E-state index is 0.0490.